The smallest absolute Gasteiger partial charge is 0.409 e. The lowest BCUT2D eigenvalue weighted by molar-refractivity contribution is 0.211. The second kappa shape index (κ2) is 9.42. The highest BCUT2D eigenvalue weighted by molar-refractivity contribution is 5.67. The number of carbonyl (C=O) groups excluding carboxylic acids is 1. The van der Waals surface area contributed by atoms with Crippen LogP contribution in [0.15, 0.2) is 24.3 Å². The molecule has 3 nitrogen and oxygen atoms in total. The second-order valence-electron chi connectivity index (χ2n) is 4.94. The first-order valence-corrected chi connectivity index (χ1v) is 7.28. The number of carbonyl (C=O) groups is 1. The van der Waals surface area contributed by atoms with E-state index in [1.807, 2.05) is 12.1 Å². The van der Waals surface area contributed by atoms with Gasteiger partial charge in [-0.2, -0.15) is 0 Å². The molecule has 106 valence electrons. The normalized spacial score (nSPS) is 10.4. The third-order valence-corrected chi connectivity index (χ3v) is 3.21. The third-order valence-electron chi connectivity index (χ3n) is 3.21. The van der Waals surface area contributed by atoms with Crippen LogP contribution < -0.4 is 10.5 Å². The summed E-state index contributed by atoms with van der Waals surface area (Å²) in [7, 11) is 0. The number of rotatable bonds is 9. The zero-order chi connectivity index (χ0) is 13.9. The number of ether oxygens (including phenoxy) is 1. The van der Waals surface area contributed by atoms with Crippen molar-refractivity contribution in [3.05, 3.63) is 29.8 Å². The maximum absolute atomic E-state index is 10.6. The Morgan fingerprint density at radius 3 is 2.16 bits per heavy atom. The molecule has 3 heteroatoms. The zero-order valence-electron chi connectivity index (χ0n) is 11.9. The molecule has 1 aromatic rings. The van der Waals surface area contributed by atoms with Crippen LogP contribution in [-0.4, -0.2) is 6.09 Å². The van der Waals surface area contributed by atoms with Crippen molar-refractivity contribution in [3.63, 3.8) is 0 Å². The van der Waals surface area contributed by atoms with E-state index in [1.165, 1.54) is 50.5 Å². The Balaban J connectivity index is 2.14. The molecule has 0 saturated heterocycles. The zero-order valence-corrected chi connectivity index (χ0v) is 11.9. The fourth-order valence-electron chi connectivity index (χ4n) is 2.13. The van der Waals surface area contributed by atoms with E-state index in [0.717, 1.165) is 6.42 Å². The third kappa shape index (κ3) is 7.50. The Labute approximate surface area is 116 Å². The summed E-state index contributed by atoms with van der Waals surface area (Å²) in [6.45, 7) is 2.24. The van der Waals surface area contributed by atoms with E-state index < -0.39 is 6.09 Å². The Kier molecular flexibility index (Phi) is 7.71. The van der Waals surface area contributed by atoms with Crippen LogP contribution >= 0.6 is 0 Å². The Hall–Kier alpha value is -1.51. The van der Waals surface area contributed by atoms with Gasteiger partial charge in [0.25, 0.3) is 0 Å². The van der Waals surface area contributed by atoms with Crippen molar-refractivity contribution in [3.8, 4) is 5.75 Å². The summed E-state index contributed by atoms with van der Waals surface area (Å²) in [4.78, 5) is 10.6. The van der Waals surface area contributed by atoms with Crippen LogP contribution in [0.3, 0.4) is 0 Å². The van der Waals surface area contributed by atoms with Crippen molar-refractivity contribution in [2.75, 3.05) is 0 Å². The van der Waals surface area contributed by atoms with E-state index in [-0.39, 0.29) is 0 Å². The van der Waals surface area contributed by atoms with Crippen molar-refractivity contribution in [2.24, 2.45) is 5.73 Å². The van der Waals surface area contributed by atoms with Gasteiger partial charge in [-0.25, -0.2) is 4.79 Å². The van der Waals surface area contributed by atoms with Crippen LogP contribution in [0.5, 0.6) is 5.75 Å². The number of benzene rings is 1. The van der Waals surface area contributed by atoms with E-state index >= 15 is 0 Å². The molecule has 1 rings (SSSR count). The molecule has 0 aliphatic heterocycles. The molecule has 19 heavy (non-hydrogen) atoms. The molecular formula is C16H25NO2. The number of unbranched alkanes of at least 4 members (excludes halogenated alkanes) is 6. The van der Waals surface area contributed by atoms with Gasteiger partial charge in [0.1, 0.15) is 5.75 Å². The van der Waals surface area contributed by atoms with Crippen LogP contribution in [-0.2, 0) is 6.42 Å². The molecule has 0 unspecified atom stereocenters. The summed E-state index contributed by atoms with van der Waals surface area (Å²) in [5, 5.41) is 0. The molecule has 0 spiro atoms. The highest BCUT2D eigenvalue weighted by atomic mass is 16.5. The summed E-state index contributed by atoms with van der Waals surface area (Å²) < 4.78 is 4.79. The summed E-state index contributed by atoms with van der Waals surface area (Å²) in [5.41, 5.74) is 6.23. The van der Waals surface area contributed by atoms with E-state index in [2.05, 4.69) is 6.92 Å². The van der Waals surface area contributed by atoms with Crippen molar-refractivity contribution in [1.29, 1.82) is 0 Å². The molecule has 1 aromatic carbocycles. The Bertz CT molecular complexity index is 360. The summed E-state index contributed by atoms with van der Waals surface area (Å²) in [6.07, 6.45) is 9.58. The van der Waals surface area contributed by atoms with Gasteiger partial charge >= 0.3 is 6.09 Å². The Morgan fingerprint density at radius 1 is 1.00 bits per heavy atom. The van der Waals surface area contributed by atoms with Gasteiger partial charge in [0.05, 0.1) is 0 Å². The topological polar surface area (TPSA) is 52.3 Å². The predicted molar refractivity (Wildman–Crippen MR) is 78.4 cm³/mol. The van der Waals surface area contributed by atoms with Crippen molar-refractivity contribution >= 4 is 6.09 Å². The highest BCUT2D eigenvalue weighted by Crippen LogP contribution is 2.15. The lowest BCUT2D eigenvalue weighted by Gasteiger charge is -2.04. The molecule has 2 N–H and O–H groups in total. The minimum absolute atomic E-state index is 0.510. The molecule has 0 radical (unpaired) electrons. The molecule has 0 saturated carbocycles. The summed E-state index contributed by atoms with van der Waals surface area (Å²) >= 11 is 0. The molecule has 0 heterocycles. The van der Waals surface area contributed by atoms with E-state index in [9.17, 15) is 4.79 Å². The number of primary amides is 1. The number of aryl methyl sites for hydroxylation is 1. The lowest BCUT2D eigenvalue weighted by Crippen LogP contribution is -2.16. The first kappa shape index (κ1) is 15.5. The van der Waals surface area contributed by atoms with E-state index in [1.54, 1.807) is 12.1 Å². The summed E-state index contributed by atoms with van der Waals surface area (Å²) in [5.74, 6) is 0.510. The molecule has 0 fully saturated rings. The lowest BCUT2D eigenvalue weighted by atomic mass is 10.0. The minimum Gasteiger partial charge on any atom is -0.411 e. The first-order chi connectivity index (χ1) is 9.22. The second-order valence-corrected chi connectivity index (χ2v) is 4.94. The molecule has 0 aliphatic rings. The van der Waals surface area contributed by atoms with Gasteiger partial charge in [-0.05, 0) is 30.5 Å². The van der Waals surface area contributed by atoms with Gasteiger partial charge in [-0.15, -0.1) is 0 Å². The molecular weight excluding hydrogens is 238 g/mol. The first-order valence-electron chi connectivity index (χ1n) is 7.28. The van der Waals surface area contributed by atoms with Gasteiger partial charge in [0.15, 0.2) is 0 Å². The highest BCUT2D eigenvalue weighted by Gasteiger charge is 1.99. The molecule has 1 amide bonds. The van der Waals surface area contributed by atoms with Gasteiger partial charge in [-0.3, -0.25) is 0 Å². The molecule has 0 bridgehead atoms. The van der Waals surface area contributed by atoms with Crippen LogP contribution in [0.2, 0.25) is 0 Å². The molecule has 0 aliphatic carbocycles. The van der Waals surface area contributed by atoms with Gasteiger partial charge in [0, 0.05) is 0 Å². The molecule has 0 aromatic heterocycles. The number of amides is 1. The summed E-state index contributed by atoms with van der Waals surface area (Å²) in [6, 6.07) is 7.58. The van der Waals surface area contributed by atoms with Crippen LogP contribution in [0.25, 0.3) is 0 Å². The fourth-order valence-corrected chi connectivity index (χ4v) is 2.13. The number of hydrogen-bond donors (Lipinski definition) is 1. The fraction of sp³-hybridized carbons (Fsp3) is 0.562. The largest absolute Gasteiger partial charge is 0.411 e. The van der Waals surface area contributed by atoms with Crippen molar-refractivity contribution in [2.45, 2.75) is 58.3 Å². The van der Waals surface area contributed by atoms with Gasteiger partial charge < -0.3 is 10.5 Å². The van der Waals surface area contributed by atoms with Crippen LogP contribution in [0.4, 0.5) is 4.79 Å². The number of nitrogens with two attached hydrogens (primary N) is 1. The maximum Gasteiger partial charge on any atom is 0.409 e. The SMILES string of the molecule is CCCCCCCCCc1ccc(OC(N)=O)cc1. The predicted octanol–water partition coefficient (Wildman–Crippen LogP) is 4.44. The van der Waals surface area contributed by atoms with Crippen molar-refractivity contribution < 1.29 is 9.53 Å². The monoisotopic (exact) mass is 263 g/mol. The molecule has 0 atom stereocenters. The van der Waals surface area contributed by atoms with E-state index in [4.69, 9.17) is 10.5 Å². The average molecular weight is 263 g/mol. The average Bonchev–Trinajstić information content (AvgIpc) is 2.39. The van der Waals surface area contributed by atoms with Gasteiger partial charge in [0.2, 0.25) is 0 Å². The van der Waals surface area contributed by atoms with Crippen molar-refractivity contribution in [1.82, 2.24) is 0 Å². The minimum atomic E-state index is -0.764. The maximum atomic E-state index is 10.6. The van der Waals surface area contributed by atoms with Crippen LogP contribution in [0, 0.1) is 0 Å². The quantitative estimate of drug-likeness (QED) is 0.670. The van der Waals surface area contributed by atoms with Gasteiger partial charge in [-0.1, -0.05) is 57.6 Å². The van der Waals surface area contributed by atoms with Crippen LogP contribution in [0.1, 0.15) is 57.4 Å². The number of hydrogen-bond acceptors (Lipinski definition) is 2. The standard InChI is InChI=1S/C16H25NO2/c1-2-3-4-5-6-7-8-9-14-10-12-15(13-11-14)19-16(17)18/h10-13H,2-9H2,1H3,(H2,17,18). The van der Waals surface area contributed by atoms with E-state index in [0.29, 0.717) is 5.75 Å². The Morgan fingerprint density at radius 2 is 1.58 bits per heavy atom.